The Labute approximate surface area is 592 Å². The largest absolute Gasteiger partial charge is 3.00 e. The van der Waals surface area contributed by atoms with Gasteiger partial charge in [0.1, 0.15) is 0 Å². The third-order valence-corrected chi connectivity index (χ3v) is 17.3. The first-order valence-corrected chi connectivity index (χ1v) is 33.1. The van der Waals surface area contributed by atoms with Crippen molar-refractivity contribution in [3.05, 3.63) is 278 Å². The Morgan fingerprint density at radius 2 is 0.879 bits per heavy atom. The summed E-state index contributed by atoms with van der Waals surface area (Å²) >= 11 is 0. The van der Waals surface area contributed by atoms with Crippen LogP contribution in [-0.4, -0.2) is 47.6 Å². The number of rotatable bonds is 19. The molecule has 14 heteroatoms. The minimum Gasteiger partial charge on any atom is -0.447 e. The average molecular weight is 1490 g/mol. The van der Waals surface area contributed by atoms with Crippen molar-refractivity contribution in [1.82, 2.24) is 29.7 Å². The second kappa shape index (κ2) is 33.0. The maximum Gasteiger partial charge on any atom is 3.00 e. The molecule has 0 aliphatic rings. The predicted molar refractivity (Wildman–Crippen MR) is 387 cm³/mol. The Kier molecular flexibility index (Phi) is 23.6. The van der Waals surface area contributed by atoms with E-state index in [2.05, 4.69) is 187 Å². The Hall–Kier alpha value is -10.8. The van der Waals surface area contributed by atoms with Gasteiger partial charge in [-0.05, 0) is 131 Å². The fourth-order valence-corrected chi connectivity index (χ4v) is 11.6. The molecule has 0 aliphatic carbocycles. The maximum absolute atomic E-state index is 14.4. The van der Waals surface area contributed by atoms with Gasteiger partial charge in [-0.3, -0.25) is 14.4 Å². The molecule has 5 aromatic heterocycles. The van der Waals surface area contributed by atoms with Gasteiger partial charge in [-0.15, -0.1) is 99.7 Å². The van der Waals surface area contributed by atoms with Crippen molar-refractivity contribution in [3.63, 3.8) is 0 Å². The van der Waals surface area contributed by atoms with Crippen LogP contribution in [0.2, 0.25) is 0 Å². The molecule has 3 atom stereocenters. The molecule has 0 saturated carbocycles. The number of esters is 3. The quantitative estimate of drug-likeness (QED) is 0.0429. The van der Waals surface area contributed by atoms with Gasteiger partial charge < -0.3 is 38.1 Å². The minimum atomic E-state index is -0.780. The second-order valence-electron chi connectivity index (χ2n) is 25.3. The van der Waals surface area contributed by atoms with Crippen LogP contribution in [-0.2, 0) is 39.9 Å². The number of carbonyl (C=O) groups is 3. The zero-order valence-corrected chi connectivity index (χ0v) is 59.1. The summed E-state index contributed by atoms with van der Waals surface area (Å²) in [4.78, 5) is 49.7. The molecule has 13 aromatic rings. The molecule has 0 radical (unpaired) electrons. The Balaban J connectivity index is 0.000000245. The van der Waals surface area contributed by atoms with Crippen molar-refractivity contribution in [2.45, 2.75) is 105 Å². The maximum atomic E-state index is 14.4. The molecule has 5 heterocycles. The summed E-state index contributed by atoms with van der Waals surface area (Å²) in [5.41, 5.74) is 12.9. The first kappa shape index (κ1) is 71.0. The molecular weight excluding hydrogens is 1410 g/mol. The van der Waals surface area contributed by atoms with Gasteiger partial charge in [0.05, 0.1) is 22.7 Å². The number of fused-ring (bicyclic) bond motifs is 3. The number of benzene rings is 8. The van der Waals surface area contributed by atoms with E-state index in [-0.39, 0.29) is 55.4 Å². The molecule has 0 fully saturated rings. The minimum absolute atomic E-state index is 0. The van der Waals surface area contributed by atoms with Crippen LogP contribution in [0.1, 0.15) is 111 Å². The second-order valence-corrected chi connectivity index (χ2v) is 25.3. The fourth-order valence-electron chi connectivity index (χ4n) is 11.6. The molecular formula is C85H77IrN6O7. The van der Waals surface area contributed by atoms with Crippen LogP contribution in [0.15, 0.2) is 254 Å². The number of ether oxygens (including phenoxy) is 3. The van der Waals surface area contributed by atoms with Crippen LogP contribution in [0.3, 0.4) is 0 Å². The van der Waals surface area contributed by atoms with Crippen molar-refractivity contribution in [2.75, 3.05) is 0 Å². The normalized spacial score (nSPS) is 12.3. The molecule has 13 nitrogen and oxygen atoms in total. The van der Waals surface area contributed by atoms with Gasteiger partial charge in [0.15, 0.2) is 0 Å². The molecule has 13 rings (SSSR count). The van der Waals surface area contributed by atoms with Crippen LogP contribution in [0.5, 0.6) is 17.2 Å². The molecule has 99 heavy (non-hydrogen) atoms. The van der Waals surface area contributed by atoms with E-state index in [0.717, 1.165) is 73.5 Å². The number of hydrogen-bond acceptors (Lipinski definition) is 12. The van der Waals surface area contributed by atoms with E-state index in [4.69, 9.17) is 18.6 Å². The average Bonchev–Trinajstić information content (AvgIpc) is 1.61. The van der Waals surface area contributed by atoms with E-state index in [1.165, 1.54) is 21.9 Å². The van der Waals surface area contributed by atoms with Gasteiger partial charge in [0.2, 0.25) is 11.8 Å². The molecule has 8 aromatic carbocycles. The zero-order valence-electron chi connectivity index (χ0n) is 56.7. The van der Waals surface area contributed by atoms with Crippen LogP contribution in [0.4, 0.5) is 0 Å². The summed E-state index contributed by atoms with van der Waals surface area (Å²) in [5.74, 6) is 1.98. The number of aromatic nitrogens is 6. The van der Waals surface area contributed by atoms with Gasteiger partial charge in [0.25, 0.3) is 0 Å². The third kappa shape index (κ3) is 17.9. The zero-order chi connectivity index (χ0) is 68.6. The molecule has 0 N–H and O–H groups in total. The van der Waals surface area contributed by atoms with Gasteiger partial charge in [-0.25, -0.2) is 0 Å². The Morgan fingerprint density at radius 1 is 0.485 bits per heavy atom. The molecule has 498 valence electrons. The fraction of sp³-hybridized carbons (Fsp3) is 0.200. The van der Waals surface area contributed by atoms with Gasteiger partial charge in [0, 0.05) is 70.4 Å². The van der Waals surface area contributed by atoms with E-state index >= 15 is 0 Å². The summed E-state index contributed by atoms with van der Waals surface area (Å²) < 4.78 is 25.1. The Morgan fingerprint density at radius 3 is 1.28 bits per heavy atom. The number of nitrogens with zero attached hydrogens (tertiary/aromatic N) is 6. The van der Waals surface area contributed by atoms with Gasteiger partial charge in [-0.2, -0.15) is 0 Å². The number of carbonyl (C=O) groups excluding carboxylic acids is 3. The number of hydrogen-bond donors (Lipinski definition) is 0. The molecule has 0 amide bonds. The van der Waals surface area contributed by atoms with E-state index in [1.54, 1.807) is 81.0 Å². The summed E-state index contributed by atoms with van der Waals surface area (Å²) in [6.07, 6.45) is 7.93. The molecule has 0 aliphatic heterocycles. The summed E-state index contributed by atoms with van der Waals surface area (Å²) in [7, 11) is 0. The van der Waals surface area contributed by atoms with Crippen molar-refractivity contribution in [2.24, 2.45) is 5.41 Å². The monoisotopic (exact) mass is 1490 g/mol. The Bertz CT molecular complexity index is 4660. The van der Waals surface area contributed by atoms with E-state index in [0.29, 0.717) is 54.7 Å². The standard InChI is InChI=1S/C57H53N4O3.2C14H12NO2.Ir/c1-7-57(6,55(62)63-47-16-14-15-44(36-47)50-19-12-13-34-58-50)37-46(61-51-20-10-8-17-48(51)49-18-9-11-21-52(49)61)35-38(2)39-22-24-40(25-23-39)41-26-28-42(29-27-41)53-59-60-54(64-53)43-30-32-45(33-31-43)56(3,4)5;2*1-2-14(16)17-12-7-5-6-11(10-12)13-8-3-4-9-15-13;/h8-14,16-34,36,38,46H,7,35,37H2,1-6H3;2*3-5,7-10H,2H2,1H3;/q3*-1;+3. The van der Waals surface area contributed by atoms with Crippen molar-refractivity contribution in [1.29, 1.82) is 0 Å². The SMILES string of the molecule is CCC(=O)Oc1cc[c-]c(-c2ccccn2)c1.CCC(=O)Oc1cc[c-]c(-c2ccccn2)c1.CCC(C)(CC(CC(C)c1ccc(-c2ccc(-c3nnc(-c4ccc(C(C)(C)C)cc4)o3)cc2)cc1)n1c2ccccc2c2ccccc21)C(=O)Oc1cc[c-]c(-c2ccccn2)c1.[Ir+3]. The summed E-state index contributed by atoms with van der Waals surface area (Å²) in [6.45, 7) is 16.6. The smallest absolute Gasteiger partial charge is 0.447 e. The predicted octanol–water partition coefficient (Wildman–Crippen LogP) is 20.2. The van der Waals surface area contributed by atoms with E-state index in [1.807, 2.05) is 84.9 Å². The van der Waals surface area contributed by atoms with E-state index < -0.39 is 5.41 Å². The van der Waals surface area contributed by atoms with Crippen LogP contribution < -0.4 is 14.2 Å². The molecule has 0 saturated heterocycles. The van der Waals surface area contributed by atoms with Crippen LogP contribution >= 0.6 is 0 Å². The first-order chi connectivity index (χ1) is 47.6. The van der Waals surface area contributed by atoms with Crippen molar-refractivity contribution in [3.8, 4) is 85.1 Å². The van der Waals surface area contributed by atoms with Gasteiger partial charge >= 0.3 is 38.0 Å². The van der Waals surface area contributed by atoms with Crippen molar-refractivity contribution >= 4 is 39.7 Å². The number of para-hydroxylation sites is 2. The summed E-state index contributed by atoms with van der Waals surface area (Å²) in [5, 5.41) is 11.1. The molecule has 0 bridgehead atoms. The van der Waals surface area contributed by atoms with E-state index in [9.17, 15) is 14.4 Å². The summed E-state index contributed by atoms with van der Waals surface area (Å²) in [6, 6.07) is 84.9. The molecule has 0 spiro atoms. The van der Waals surface area contributed by atoms with Crippen LogP contribution in [0.25, 0.3) is 89.6 Å². The molecule has 3 unspecified atom stereocenters. The third-order valence-electron chi connectivity index (χ3n) is 17.3. The van der Waals surface area contributed by atoms with Crippen LogP contribution in [0, 0.1) is 23.6 Å². The number of pyridine rings is 3. The first-order valence-electron chi connectivity index (χ1n) is 33.1. The van der Waals surface area contributed by atoms with Crippen molar-refractivity contribution < 1.29 is 53.1 Å². The topological polar surface area (TPSA) is 161 Å². The van der Waals surface area contributed by atoms with Gasteiger partial charge in [-0.1, -0.05) is 170 Å².